The van der Waals surface area contributed by atoms with E-state index in [0.717, 1.165) is 32.1 Å². The molecule has 5 rings (SSSR count). The van der Waals surface area contributed by atoms with E-state index >= 15 is 0 Å². The van der Waals surface area contributed by atoms with Crippen molar-refractivity contribution in [2.24, 2.45) is 35.5 Å². The number of hydrogen-bond acceptors (Lipinski definition) is 11. The van der Waals surface area contributed by atoms with Crippen LogP contribution in [0, 0.1) is 35.5 Å². The Hall–Kier alpha value is -1.15. The molecule has 5 saturated heterocycles. The Morgan fingerprint density at radius 2 is 1.78 bits per heavy atom. The maximum atomic E-state index is 12.8. The summed E-state index contributed by atoms with van der Waals surface area (Å²) in [4.78, 5) is 12.8. The number of aliphatic hydroxyl groups excluding tert-OH is 2. The van der Waals surface area contributed by atoms with Crippen molar-refractivity contribution in [2.45, 2.75) is 172 Å². The van der Waals surface area contributed by atoms with E-state index in [4.69, 9.17) is 33.2 Å². The van der Waals surface area contributed by atoms with Gasteiger partial charge in [-0.05, 0) is 64.2 Å². The van der Waals surface area contributed by atoms with Gasteiger partial charge in [0.25, 0.3) is 0 Å². The van der Waals surface area contributed by atoms with Crippen molar-refractivity contribution in [3.05, 3.63) is 12.7 Å². The molecule has 288 valence electrons. The highest BCUT2D eigenvalue weighted by Crippen LogP contribution is 2.55. The van der Waals surface area contributed by atoms with Crippen molar-refractivity contribution in [3.8, 4) is 0 Å². The van der Waals surface area contributed by atoms with Crippen LogP contribution in [0.15, 0.2) is 12.7 Å². The fraction of sp³-hybridized carbons (Fsp3) is 0.923. The summed E-state index contributed by atoms with van der Waals surface area (Å²) in [6, 6.07) is 0. The topological polar surface area (TPSA) is 142 Å². The molecule has 0 aliphatic carbocycles. The van der Waals surface area contributed by atoms with Gasteiger partial charge < -0.3 is 48.5 Å². The minimum atomic E-state index is -1.56. The molecule has 0 saturated carbocycles. The van der Waals surface area contributed by atoms with Gasteiger partial charge in [0, 0.05) is 37.7 Å². The number of carbonyl (C=O) groups is 1. The molecule has 0 aromatic carbocycles. The Labute approximate surface area is 299 Å². The fourth-order valence-electron chi connectivity index (χ4n) is 10.2. The van der Waals surface area contributed by atoms with Crippen LogP contribution in [-0.4, -0.2) is 107 Å². The summed E-state index contributed by atoms with van der Waals surface area (Å²) in [6.07, 6.45) is 4.77. The average molecular weight is 711 g/mol. The van der Waals surface area contributed by atoms with E-state index in [1.165, 1.54) is 0 Å². The molecule has 17 atom stereocenters. The highest BCUT2D eigenvalue weighted by molar-refractivity contribution is 5.72. The Morgan fingerprint density at radius 1 is 1.06 bits per heavy atom. The second-order valence-corrected chi connectivity index (χ2v) is 16.9. The quantitative estimate of drug-likeness (QED) is 0.188. The summed E-state index contributed by atoms with van der Waals surface area (Å²) in [5, 5.41) is 32.3. The Bertz CT molecular complexity index is 1180. The molecule has 5 aliphatic heterocycles. The van der Waals surface area contributed by atoms with Crippen molar-refractivity contribution in [1.29, 1.82) is 0 Å². The van der Waals surface area contributed by atoms with E-state index in [2.05, 4.69) is 34.3 Å². The van der Waals surface area contributed by atoms with Gasteiger partial charge in [0.15, 0.2) is 11.6 Å². The first-order chi connectivity index (χ1) is 23.5. The van der Waals surface area contributed by atoms with Gasteiger partial charge >= 0.3 is 5.97 Å². The van der Waals surface area contributed by atoms with Gasteiger partial charge in [-0.3, -0.25) is 4.79 Å². The summed E-state index contributed by atoms with van der Waals surface area (Å²) in [5.41, 5.74) is -1.14. The number of ether oxygens (including phenoxy) is 7. The van der Waals surface area contributed by atoms with Crippen LogP contribution in [0.3, 0.4) is 0 Å². The third kappa shape index (κ3) is 7.34. The number of methoxy groups -OCH3 is 1. The predicted octanol–water partition coefficient (Wildman–Crippen LogP) is 4.92. The summed E-state index contributed by atoms with van der Waals surface area (Å²) in [7, 11) is 1.59. The lowest BCUT2D eigenvalue weighted by Crippen LogP contribution is -2.57. The lowest BCUT2D eigenvalue weighted by atomic mass is 9.78. The first-order valence-corrected chi connectivity index (χ1v) is 19.2. The van der Waals surface area contributed by atoms with Gasteiger partial charge in [-0.15, -0.1) is 0 Å². The molecule has 0 bridgehead atoms. The zero-order chi connectivity index (χ0) is 36.8. The van der Waals surface area contributed by atoms with E-state index in [0.29, 0.717) is 19.3 Å². The molecule has 0 aromatic rings. The minimum Gasteiger partial charge on any atom is -0.461 e. The van der Waals surface area contributed by atoms with E-state index in [-0.39, 0.29) is 66.6 Å². The molecule has 0 amide bonds. The van der Waals surface area contributed by atoms with Crippen molar-refractivity contribution < 1.29 is 53.3 Å². The number of esters is 1. The minimum absolute atomic E-state index is 0.135. The van der Waals surface area contributed by atoms with Gasteiger partial charge in [-0.1, -0.05) is 54.2 Å². The molecule has 0 radical (unpaired) electrons. The molecular weight excluding hydrogens is 644 g/mol. The molecule has 0 unspecified atom stereocenters. The second-order valence-electron chi connectivity index (χ2n) is 16.9. The Morgan fingerprint density at radius 3 is 2.42 bits per heavy atom. The fourth-order valence-corrected chi connectivity index (χ4v) is 10.2. The molecule has 5 aliphatic rings. The molecule has 3 N–H and O–H groups in total. The highest BCUT2D eigenvalue weighted by Gasteiger charge is 2.62. The Balaban J connectivity index is 1.27. The number of carbonyl (C=O) groups excluding carboxylic acids is 1. The molecule has 1 spiro atoms. The molecular formula is C39H66O11. The third-order valence-corrected chi connectivity index (χ3v) is 13.4. The normalized spacial score (nSPS) is 48.4. The maximum absolute atomic E-state index is 12.8. The van der Waals surface area contributed by atoms with E-state index in [1.54, 1.807) is 20.1 Å². The van der Waals surface area contributed by atoms with Gasteiger partial charge in [0.2, 0.25) is 0 Å². The van der Waals surface area contributed by atoms with Gasteiger partial charge in [-0.2, -0.15) is 0 Å². The van der Waals surface area contributed by atoms with Crippen molar-refractivity contribution in [3.63, 3.8) is 0 Å². The number of hydrogen-bond donors (Lipinski definition) is 3. The van der Waals surface area contributed by atoms with E-state index in [9.17, 15) is 20.1 Å². The van der Waals surface area contributed by atoms with Gasteiger partial charge in [-0.25, -0.2) is 0 Å². The summed E-state index contributed by atoms with van der Waals surface area (Å²) < 4.78 is 45.2. The van der Waals surface area contributed by atoms with Gasteiger partial charge in [0.1, 0.15) is 6.61 Å². The zero-order valence-electron chi connectivity index (χ0n) is 32.0. The summed E-state index contributed by atoms with van der Waals surface area (Å²) in [6.45, 7) is 19.6. The number of rotatable bonds is 12. The Kier molecular flexibility index (Phi) is 12.3. The van der Waals surface area contributed by atoms with Crippen LogP contribution in [0.5, 0.6) is 0 Å². The van der Waals surface area contributed by atoms with Crippen LogP contribution in [-0.2, 0) is 38.0 Å². The van der Waals surface area contributed by atoms with Crippen LogP contribution in [0.25, 0.3) is 0 Å². The molecule has 11 nitrogen and oxygen atoms in total. The SMILES string of the molecule is C=CCOC(=O)[C@@H](C)[C@H](OC)[C@H](C)[C@H]1O[C@@]2(CC[C@@](C)([C@H]3CC[C@@](CC)([C@@H]4O[C@@H]([C@H]5O[C@@](O)(CO)[C@H](C)C[C@@H]5C)C[C@@H]4C)O3)O2)C[C@H](O)[C@H]1C. The van der Waals surface area contributed by atoms with Crippen LogP contribution >= 0.6 is 0 Å². The smallest absolute Gasteiger partial charge is 0.311 e. The van der Waals surface area contributed by atoms with E-state index < -0.39 is 53.6 Å². The van der Waals surface area contributed by atoms with Crippen LogP contribution in [0.4, 0.5) is 0 Å². The molecule has 5 fully saturated rings. The lowest BCUT2D eigenvalue weighted by Gasteiger charge is -2.49. The third-order valence-electron chi connectivity index (χ3n) is 13.4. The monoisotopic (exact) mass is 710 g/mol. The molecule has 50 heavy (non-hydrogen) atoms. The van der Waals surface area contributed by atoms with Crippen LogP contribution in [0.1, 0.15) is 107 Å². The van der Waals surface area contributed by atoms with Crippen molar-refractivity contribution in [2.75, 3.05) is 20.3 Å². The van der Waals surface area contributed by atoms with E-state index in [1.807, 2.05) is 20.8 Å². The lowest BCUT2D eigenvalue weighted by molar-refractivity contribution is -0.336. The summed E-state index contributed by atoms with van der Waals surface area (Å²) in [5.74, 6) is -3.66. The van der Waals surface area contributed by atoms with Gasteiger partial charge in [0.05, 0.1) is 66.5 Å². The summed E-state index contributed by atoms with van der Waals surface area (Å²) >= 11 is 0. The maximum Gasteiger partial charge on any atom is 0.311 e. The molecule has 0 aromatic heterocycles. The zero-order valence-corrected chi connectivity index (χ0v) is 32.0. The number of aliphatic hydroxyl groups is 3. The standard InChI is InChI=1S/C39H66O11/c1-11-17-45-35(42)27(8)32(44-10)26(7)33-25(6)28(41)20-38(48-33)16-15-36(9,50-38)30-13-14-37(12-2,47-30)34-23(4)19-29(46-34)31-22(3)18-24(5)39(43,21-40)49-31/h11,22-34,40-41,43H,1,12-21H2,2-10H3/t22-,23-,24+,25+,26-,27-,28-,29+,30+,31-,32+,33-,34+,36-,37-,38+,39-/m0/s1. The average Bonchev–Trinajstić information content (AvgIpc) is 3.80. The first kappa shape index (κ1) is 40.0. The highest BCUT2D eigenvalue weighted by atomic mass is 16.7. The molecule has 5 heterocycles. The first-order valence-electron chi connectivity index (χ1n) is 19.2. The van der Waals surface area contributed by atoms with Crippen LogP contribution < -0.4 is 0 Å². The molecule has 11 heteroatoms. The van der Waals surface area contributed by atoms with Crippen molar-refractivity contribution in [1.82, 2.24) is 0 Å². The van der Waals surface area contributed by atoms with Crippen LogP contribution in [0.2, 0.25) is 0 Å². The van der Waals surface area contributed by atoms with Crippen molar-refractivity contribution >= 4 is 5.97 Å². The largest absolute Gasteiger partial charge is 0.461 e. The predicted molar refractivity (Wildman–Crippen MR) is 186 cm³/mol. The second kappa shape index (κ2) is 15.3.